The highest BCUT2D eigenvalue weighted by atomic mass is 19.4. The first-order chi connectivity index (χ1) is 7.49. The third kappa shape index (κ3) is 2.96. The fourth-order valence-electron chi connectivity index (χ4n) is 1.12. The molecule has 0 aliphatic rings. The first-order valence-electron chi connectivity index (χ1n) is 4.39. The zero-order valence-corrected chi connectivity index (χ0v) is 8.12. The van der Waals surface area contributed by atoms with Crippen molar-refractivity contribution in [3.63, 3.8) is 0 Å². The van der Waals surface area contributed by atoms with Gasteiger partial charge in [0.05, 0.1) is 12.2 Å². The number of carbonyl (C=O) groups excluding carboxylic acids is 1. The number of aliphatic hydroxyl groups excluding tert-OH is 1. The van der Waals surface area contributed by atoms with Crippen molar-refractivity contribution < 1.29 is 27.8 Å². The maximum absolute atomic E-state index is 12.5. The second-order valence-electron chi connectivity index (χ2n) is 2.94. The van der Waals surface area contributed by atoms with Gasteiger partial charge in [0.2, 0.25) is 0 Å². The first kappa shape index (κ1) is 12.5. The van der Waals surface area contributed by atoms with Gasteiger partial charge in [0.25, 0.3) is 0 Å². The minimum atomic E-state index is -4.55. The lowest BCUT2D eigenvalue weighted by atomic mass is 10.1. The largest absolute Gasteiger partial charge is 0.491 e. The van der Waals surface area contributed by atoms with Crippen LogP contribution in [0.5, 0.6) is 5.75 Å². The topological polar surface area (TPSA) is 46.5 Å². The molecule has 1 rings (SSSR count). The van der Waals surface area contributed by atoms with E-state index in [-0.39, 0.29) is 12.2 Å². The molecule has 0 aliphatic heterocycles. The normalized spacial score (nSPS) is 11.2. The molecule has 0 aromatic heterocycles. The van der Waals surface area contributed by atoms with Crippen LogP contribution in [0.15, 0.2) is 18.2 Å². The molecule has 0 radical (unpaired) electrons. The molecule has 0 unspecified atom stereocenters. The van der Waals surface area contributed by atoms with Crippen molar-refractivity contribution in [1.82, 2.24) is 0 Å². The van der Waals surface area contributed by atoms with E-state index in [1.54, 1.807) is 0 Å². The standard InChI is InChI=1S/C10H9F3O3/c11-10(12,13)8-2-1-7(6-15)5-9(8)16-4-3-14/h1-2,5-6,14H,3-4H2. The summed E-state index contributed by atoms with van der Waals surface area (Å²) in [4.78, 5) is 10.4. The monoisotopic (exact) mass is 234 g/mol. The van der Waals surface area contributed by atoms with Crippen molar-refractivity contribution in [3.05, 3.63) is 29.3 Å². The molecule has 1 N–H and O–H groups in total. The Labute approximate surface area is 89.5 Å². The van der Waals surface area contributed by atoms with Crippen molar-refractivity contribution in [3.8, 4) is 5.75 Å². The zero-order chi connectivity index (χ0) is 12.2. The van der Waals surface area contributed by atoms with Crippen LogP contribution in [0.1, 0.15) is 15.9 Å². The molecule has 0 spiro atoms. The Balaban J connectivity index is 3.11. The van der Waals surface area contributed by atoms with Crippen molar-refractivity contribution in [1.29, 1.82) is 0 Å². The molecule has 0 saturated carbocycles. The SMILES string of the molecule is O=Cc1ccc(C(F)(F)F)c(OCCO)c1. The molecule has 0 saturated heterocycles. The highest BCUT2D eigenvalue weighted by Gasteiger charge is 2.34. The van der Waals surface area contributed by atoms with Crippen LogP contribution < -0.4 is 4.74 Å². The van der Waals surface area contributed by atoms with Gasteiger partial charge in [-0.1, -0.05) is 6.07 Å². The number of halogens is 3. The molecule has 0 atom stereocenters. The summed E-state index contributed by atoms with van der Waals surface area (Å²) in [6, 6.07) is 2.82. The molecular formula is C10H9F3O3. The van der Waals surface area contributed by atoms with Gasteiger partial charge in [-0.2, -0.15) is 13.2 Å². The van der Waals surface area contributed by atoms with Crippen molar-refractivity contribution in [2.45, 2.75) is 6.18 Å². The number of ether oxygens (including phenoxy) is 1. The summed E-state index contributed by atoms with van der Waals surface area (Å²) >= 11 is 0. The minimum Gasteiger partial charge on any atom is -0.491 e. The lowest BCUT2D eigenvalue weighted by Gasteiger charge is -2.13. The average Bonchev–Trinajstić information content (AvgIpc) is 2.24. The predicted molar refractivity (Wildman–Crippen MR) is 49.4 cm³/mol. The van der Waals surface area contributed by atoms with Crippen LogP contribution in [0.4, 0.5) is 13.2 Å². The Morgan fingerprint density at radius 3 is 2.56 bits per heavy atom. The van der Waals surface area contributed by atoms with E-state index in [1.807, 2.05) is 0 Å². The van der Waals surface area contributed by atoms with E-state index in [0.29, 0.717) is 6.29 Å². The van der Waals surface area contributed by atoms with Crippen LogP contribution in [-0.4, -0.2) is 24.6 Å². The van der Waals surface area contributed by atoms with E-state index in [4.69, 9.17) is 9.84 Å². The average molecular weight is 234 g/mol. The maximum Gasteiger partial charge on any atom is 0.419 e. The Hall–Kier alpha value is -1.56. The third-order valence-electron chi connectivity index (χ3n) is 1.80. The second kappa shape index (κ2) is 4.98. The quantitative estimate of drug-likeness (QED) is 0.809. The smallest absolute Gasteiger partial charge is 0.419 e. The summed E-state index contributed by atoms with van der Waals surface area (Å²) in [6.45, 7) is -0.659. The molecular weight excluding hydrogens is 225 g/mol. The predicted octanol–water partition coefficient (Wildman–Crippen LogP) is 1.89. The van der Waals surface area contributed by atoms with E-state index in [9.17, 15) is 18.0 Å². The van der Waals surface area contributed by atoms with E-state index in [2.05, 4.69) is 0 Å². The van der Waals surface area contributed by atoms with Gasteiger partial charge in [0.1, 0.15) is 18.6 Å². The Bertz CT molecular complexity index is 374. The van der Waals surface area contributed by atoms with Gasteiger partial charge in [-0.25, -0.2) is 0 Å². The molecule has 0 fully saturated rings. The van der Waals surface area contributed by atoms with Gasteiger partial charge in [-0.3, -0.25) is 4.79 Å². The lowest BCUT2D eigenvalue weighted by Crippen LogP contribution is -2.11. The number of alkyl halides is 3. The highest BCUT2D eigenvalue weighted by molar-refractivity contribution is 5.76. The van der Waals surface area contributed by atoms with Gasteiger partial charge in [0, 0.05) is 5.56 Å². The Morgan fingerprint density at radius 2 is 2.06 bits per heavy atom. The molecule has 0 heterocycles. The van der Waals surface area contributed by atoms with Crippen LogP contribution in [0.2, 0.25) is 0 Å². The van der Waals surface area contributed by atoms with E-state index < -0.39 is 24.1 Å². The van der Waals surface area contributed by atoms with Gasteiger partial charge in [-0.05, 0) is 12.1 Å². The number of benzene rings is 1. The molecule has 1 aromatic carbocycles. The van der Waals surface area contributed by atoms with Crippen LogP contribution >= 0.6 is 0 Å². The van der Waals surface area contributed by atoms with Gasteiger partial charge in [0.15, 0.2) is 0 Å². The van der Waals surface area contributed by atoms with Crippen molar-refractivity contribution in [2.24, 2.45) is 0 Å². The molecule has 16 heavy (non-hydrogen) atoms. The van der Waals surface area contributed by atoms with Crippen LogP contribution in [-0.2, 0) is 6.18 Å². The fraction of sp³-hybridized carbons (Fsp3) is 0.300. The van der Waals surface area contributed by atoms with Crippen LogP contribution in [0, 0.1) is 0 Å². The zero-order valence-electron chi connectivity index (χ0n) is 8.12. The van der Waals surface area contributed by atoms with Crippen molar-refractivity contribution >= 4 is 6.29 Å². The van der Waals surface area contributed by atoms with Gasteiger partial charge >= 0.3 is 6.18 Å². The summed E-state index contributed by atoms with van der Waals surface area (Å²) in [5, 5.41) is 8.47. The lowest BCUT2D eigenvalue weighted by molar-refractivity contribution is -0.139. The molecule has 0 amide bonds. The molecule has 1 aromatic rings. The van der Waals surface area contributed by atoms with E-state index >= 15 is 0 Å². The summed E-state index contributed by atoms with van der Waals surface area (Å²) in [7, 11) is 0. The second-order valence-corrected chi connectivity index (χ2v) is 2.94. The Morgan fingerprint density at radius 1 is 1.38 bits per heavy atom. The number of hydrogen-bond donors (Lipinski definition) is 1. The fourth-order valence-corrected chi connectivity index (χ4v) is 1.12. The molecule has 88 valence electrons. The third-order valence-corrected chi connectivity index (χ3v) is 1.80. The van der Waals surface area contributed by atoms with Crippen LogP contribution in [0.3, 0.4) is 0 Å². The number of aliphatic hydroxyl groups is 1. The maximum atomic E-state index is 12.5. The van der Waals surface area contributed by atoms with Gasteiger partial charge in [-0.15, -0.1) is 0 Å². The van der Waals surface area contributed by atoms with E-state index in [0.717, 1.165) is 18.2 Å². The molecule has 0 aliphatic carbocycles. The highest BCUT2D eigenvalue weighted by Crippen LogP contribution is 2.36. The molecule has 0 bridgehead atoms. The van der Waals surface area contributed by atoms with E-state index in [1.165, 1.54) is 0 Å². The summed E-state index contributed by atoms with van der Waals surface area (Å²) < 4.78 is 42.2. The minimum absolute atomic E-state index is 0.0842. The summed E-state index contributed by atoms with van der Waals surface area (Å²) in [6.07, 6.45) is -4.13. The summed E-state index contributed by atoms with van der Waals surface area (Å²) in [5.41, 5.74) is -0.882. The van der Waals surface area contributed by atoms with Gasteiger partial charge < -0.3 is 9.84 Å². The van der Waals surface area contributed by atoms with Crippen LogP contribution in [0.25, 0.3) is 0 Å². The Kier molecular flexibility index (Phi) is 3.89. The summed E-state index contributed by atoms with van der Waals surface area (Å²) in [5.74, 6) is -0.453. The molecule has 6 heteroatoms. The first-order valence-corrected chi connectivity index (χ1v) is 4.39. The molecule has 3 nitrogen and oxygen atoms in total. The number of carbonyl (C=O) groups is 1. The van der Waals surface area contributed by atoms with Crippen molar-refractivity contribution in [2.75, 3.05) is 13.2 Å². The number of aldehydes is 1. The number of hydrogen-bond acceptors (Lipinski definition) is 3. The number of rotatable bonds is 4.